The zero-order valence-electron chi connectivity index (χ0n) is 33.5. The molecule has 0 N–H and O–H groups in total. The Balaban J connectivity index is 0.911. The molecule has 11 rings (SSSR count). The van der Waals surface area contributed by atoms with Crippen LogP contribution in [0.25, 0.3) is 66.8 Å². The average molecular weight is 745 g/mol. The molecule has 0 atom stereocenters. The van der Waals surface area contributed by atoms with Gasteiger partial charge in [0.15, 0.2) is 5.78 Å². The van der Waals surface area contributed by atoms with Crippen molar-refractivity contribution < 1.29 is 4.79 Å². The molecular weight excluding hydrogens is 701 g/mol. The van der Waals surface area contributed by atoms with E-state index >= 15 is 0 Å². The van der Waals surface area contributed by atoms with Crippen LogP contribution in [0.15, 0.2) is 170 Å². The van der Waals surface area contributed by atoms with Gasteiger partial charge in [-0.2, -0.15) is 0 Å². The van der Waals surface area contributed by atoms with Crippen LogP contribution in [0.5, 0.6) is 0 Å². The fraction of sp³-hybridized carbons (Fsp3) is 0.140. The number of fused-ring (bicyclic) bond motifs is 8. The van der Waals surface area contributed by atoms with Crippen LogP contribution in [-0.4, -0.2) is 5.78 Å². The second-order valence-corrected chi connectivity index (χ2v) is 17.6. The molecule has 278 valence electrons. The van der Waals surface area contributed by atoms with Crippen LogP contribution < -0.4 is 0 Å². The Hall–Kier alpha value is -6.57. The van der Waals surface area contributed by atoms with Crippen LogP contribution in [0.2, 0.25) is 0 Å². The van der Waals surface area contributed by atoms with E-state index in [0.717, 1.165) is 57.3 Å². The van der Waals surface area contributed by atoms with Crippen molar-refractivity contribution in [3.8, 4) is 66.8 Å². The van der Waals surface area contributed by atoms with Crippen molar-refractivity contribution in [2.45, 2.75) is 51.4 Å². The van der Waals surface area contributed by atoms with Crippen molar-refractivity contribution in [2.75, 3.05) is 0 Å². The highest BCUT2D eigenvalue weighted by atomic mass is 16.1. The number of carbonyl (C=O) groups is 1. The molecule has 0 spiro atoms. The molecule has 1 heteroatoms. The van der Waals surface area contributed by atoms with Gasteiger partial charge < -0.3 is 0 Å². The Kier molecular flexibility index (Phi) is 7.60. The van der Waals surface area contributed by atoms with E-state index in [1.54, 1.807) is 0 Å². The first-order valence-electron chi connectivity index (χ1n) is 20.7. The minimum atomic E-state index is -0.0157. The van der Waals surface area contributed by atoms with Gasteiger partial charge in [-0.1, -0.05) is 161 Å². The molecule has 8 aromatic rings. The standard InChI is InChI=1S/C57H44O/c1-56(2)51-17-7-5-15-45(51)49-33-43(25-27-53(49)56)39-13-9-11-37(29-39)41-23-21-35-19-20-36-22-24-42(32-48(36)55(58)47(35)31-41)38-12-10-14-40(30-38)44-26-28-54-50(34-44)46-16-6-8-18-52(46)57(54,3)4/h5-18,21-34H,19-20H2,1-4H3. The smallest absolute Gasteiger partial charge is 0.193 e. The van der Waals surface area contributed by atoms with Crippen LogP contribution >= 0.6 is 0 Å². The summed E-state index contributed by atoms with van der Waals surface area (Å²) in [5.74, 6) is 0.110. The lowest BCUT2D eigenvalue weighted by Crippen LogP contribution is -2.14. The molecule has 0 saturated carbocycles. The zero-order chi connectivity index (χ0) is 39.3. The van der Waals surface area contributed by atoms with Gasteiger partial charge >= 0.3 is 0 Å². The summed E-state index contributed by atoms with van der Waals surface area (Å²) < 4.78 is 0. The van der Waals surface area contributed by atoms with E-state index in [4.69, 9.17) is 0 Å². The van der Waals surface area contributed by atoms with E-state index in [2.05, 4.69) is 198 Å². The van der Waals surface area contributed by atoms with E-state index < -0.39 is 0 Å². The van der Waals surface area contributed by atoms with Gasteiger partial charge in [0.2, 0.25) is 0 Å². The quantitative estimate of drug-likeness (QED) is 0.175. The number of benzene rings is 8. The normalized spacial score (nSPS) is 15.1. The van der Waals surface area contributed by atoms with Crippen molar-refractivity contribution in [2.24, 2.45) is 0 Å². The van der Waals surface area contributed by atoms with Gasteiger partial charge in [-0.15, -0.1) is 0 Å². The van der Waals surface area contributed by atoms with E-state index in [-0.39, 0.29) is 16.6 Å². The molecule has 0 fully saturated rings. The Bertz CT molecular complexity index is 2820. The lowest BCUT2D eigenvalue weighted by Gasteiger charge is -2.21. The maximum atomic E-state index is 14.6. The van der Waals surface area contributed by atoms with Gasteiger partial charge in [0.1, 0.15) is 0 Å². The predicted octanol–water partition coefficient (Wildman–Crippen LogP) is 14.3. The first-order chi connectivity index (χ1) is 28.1. The molecule has 58 heavy (non-hydrogen) atoms. The molecule has 1 nitrogen and oxygen atoms in total. The molecule has 0 aliphatic heterocycles. The average Bonchev–Trinajstić information content (AvgIpc) is 3.57. The van der Waals surface area contributed by atoms with Crippen LogP contribution in [-0.2, 0) is 23.7 Å². The summed E-state index contributed by atoms with van der Waals surface area (Å²) in [5, 5.41) is 0. The van der Waals surface area contributed by atoms with Gasteiger partial charge in [-0.3, -0.25) is 4.79 Å². The van der Waals surface area contributed by atoms with Gasteiger partial charge in [-0.05, 0) is 149 Å². The summed E-state index contributed by atoms with van der Waals surface area (Å²) in [6.45, 7) is 9.29. The van der Waals surface area contributed by atoms with Crippen LogP contribution in [0.1, 0.15) is 77.0 Å². The second-order valence-electron chi connectivity index (χ2n) is 17.6. The summed E-state index contributed by atoms with van der Waals surface area (Å²) in [4.78, 5) is 14.6. The maximum absolute atomic E-state index is 14.6. The number of rotatable bonds is 4. The van der Waals surface area contributed by atoms with Crippen molar-refractivity contribution in [3.63, 3.8) is 0 Å². The number of aryl methyl sites for hydroxylation is 2. The molecule has 0 heterocycles. The monoisotopic (exact) mass is 744 g/mol. The molecule has 0 unspecified atom stereocenters. The SMILES string of the molecule is CC1(C)c2ccccc2-c2cc(-c3cccc(-c4ccc5c(c4)C(=O)c4cc(-c6cccc(-c7ccc8c(c7)-c7ccccc7C8(C)C)c6)ccc4CC5)c3)ccc21. The third kappa shape index (κ3) is 5.26. The zero-order valence-corrected chi connectivity index (χ0v) is 33.5. The summed E-state index contributed by atoms with van der Waals surface area (Å²) >= 11 is 0. The molecule has 3 aliphatic rings. The second kappa shape index (κ2) is 12.7. The molecule has 0 saturated heterocycles. The van der Waals surface area contributed by atoms with Crippen molar-refractivity contribution in [1.29, 1.82) is 0 Å². The van der Waals surface area contributed by atoms with Gasteiger partial charge in [0, 0.05) is 22.0 Å². The molecule has 8 aromatic carbocycles. The molecule has 0 aromatic heterocycles. The van der Waals surface area contributed by atoms with Crippen molar-refractivity contribution in [3.05, 3.63) is 214 Å². The first-order valence-corrected chi connectivity index (χ1v) is 20.7. The fourth-order valence-electron chi connectivity index (χ4n) is 10.3. The Morgan fingerprint density at radius 2 is 0.638 bits per heavy atom. The Labute approximate surface area is 341 Å². The first kappa shape index (κ1) is 34.7. The number of carbonyl (C=O) groups excluding carboxylic acids is 1. The van der Waals surface area contributed by atoms with Crippen LogP contribution in [0.4, 0.5) is 0 Å². The van der Waals surface area contributed by atoms with Crippen LogP contribution in [0.3, 0.4) is 0 Å². The molecule has 3 aliphatic carbocycles. The maximum Gasteiger partial charge on any atom is 0.193 e. The Morgan fingerprint density at radius 3 is 1.05 bits per heavy atom. The molecule has 0 amide bonds. The topological polar surface area (TPSA) is 17.1 Å². The highest BCUT2D eigenvalue weighted by Crippen LogP contribution is 2.51. The minimum absolute atomic E-state index is 0.0157. The molecule has 0 bridgehead atoms. The number of ketones is 1. The third-order valence-corrected chi connectivity index (χ3v) is 13.6. The largest absolute Gasteiger partial charge is 0.289 e. The fourth-order valence-corrected chi connectivity index (χ4v) is 10.3. The van der Waals surface area contributed by atoms with E-state index in [1.807, 2.05) is 0 Å². The number of hydrogen-bond acceptors (Lipinski definition) is 1. The summed E-state index contributed by atoms with van der Waals surface area (Å²) in [6, 6.07) is 62.0. The molecular formula is C57H44O. The van der Waals surface area contributed by atoms with Crippen molar-refractivity contribution >= 4 is 5.78 Å². The third-order valence-electron chi connectivity index (χ3n) is 13.6. The lowest BCUT2D eigenvalue weighted by atomic mass is 9.82. The van der Waals surface area contributed by atoms with Gasteiger partial charge in [-0.25, -0.2) is 0 Å². The lowest BCUT2D eigenvalue weighted by molar-refractivity contribution is 0.103. The van der Waals surface area contributed by atoms with Gasteiger partial charge in [0.25, 0.3) is 0 Å². The number of hydrogen-bond donors (Lipinski definition) is 0. The summed E-state index contributed by atoms with van der Waals surface area (Å²) in [7, 11) is 0. The van der Waals surface area contributed by atoms with Gasteiger partial charge in [0.05, 0.1) is 0 Å². The van der Waals surface area contributed by atoms with Crippen LogP contribution in [0, 0.1) is 0 Å². The van der Waals surface area contributed by atoms with E-state index in [0.29, 0.717) is 0 Å². The van der Waals surface area contributed by atoms with E-state index in [9.17, 15) is 4.79 Å². The minimum Gasteiger partial charge on any atom is -0.289 e. The highest BCUT2D eigenvalue weighted by molar-refractivity contribution is 6.12. The predicted molar refractivity (Wildman–Crippen MR) is 241 cm³/mol. The summed E-state index contributed by atoms with van der Waals surface area (Å²) in [5.41, 5.74) is 23.8. The summed E-state index contributed by atoms with van der Waals surface area (Å²) in [6.07, 6.45) is 1.68. The highest BCUT2D eigenvalue weighted by Gasteiger charge is 2.36. The van der Waals surface area contributed by atoms with Crippen molar-refractivity contribution in [1.82, 2.24) is 0 Å². The molecule has 0 radical (unpaired) electrons. The van der Waals surface area contributed by atoms with E-state index in [1.165, 1.54) is 66.8 Å². The Morgan fingerprint density at radius 1 is 0.310 bits per heavy atom.